The number of halogens is 1. The maximum absolute atomic E-state index is 11.8. The zero-order valence-corrected chi connectivity index (χ0v) is 13.0. The average Bonchev–Trinajstić information content (AvgIpc) is 2.35. The van der Waals surface area contributed by atoms with E-state index < -0.39 is 0 Å². The number of hydrogen-bond donors (Lipinski definition) is 2. The Morgan fingerprint density at radius 3 is 2.72 bits per heavy atom. The van der Waals surface area contributed by atoms with Crippen molar-refractivity contribution in [3.63, 3.8) is 0 Å². The molecule has 3 N–H and O–H groups in total. The SMILES string of the molecule is CSCCCCC(=O)NC1CCCCC1CN.Cl. The molecule has 2 atom stereocenters. The van der Waals surface area contributed by atoms with Crippen molar-refractivity contribution in [1.29, 1.82) is 0 Å². The van der Waals surface area contributed by atoms with Crippen molar-refractivity contribution in [3.8, 4) is 0 Å². The summed E-state index contributed by atoms with van der Waals surface area (Å²) in [6.07, 6.45) is 9.71. The van der Waals surface area contributed by atoms with Gasteiger partial charge in [-0.25, -0.2) is 0 Å². The normalized spacial score (nSPS) is 23.2. The molecule has 3 nitrogen and oxygen atoms in total. The third-order valence-corrected chi connectivity index (χ3v) is 4.26. The van der Waals surface area contributed by atoms with Crippen molar-refractivity contribution in [1.82, 2.24) is 5.32 Å². The monoisotopic (exact) mass is 294 g/mol. The smallest absolute Gasteiger partial charge is 0.220 e. The minimum Gasteiger partial charge on any atom is -0.353 e. The maximum atomic E-state index is 11.8. The van der Waals surface area contributed by atoms with Gasteiger partial charge < -0.3 is 11.1 Å². The number of carbonyl (C=O) groups is 1. The zero-order valence-electron chi connectivity index (χ0n) is 11.3. The van der Waals surface area contributed by atoms with Crippen LogP contribution in [-0.4, -0.2) is 30.5 Å². The van der Waals surface area contributed by atoms with E-state index in [1.54, 1.807) is 0 Å². The molecule has 0 bridgehead atoms. The van der Waals surface area contributed by atoms with Gasteiger partial charge in [0.2, 0.25) is 5.91 Å². The first-order valence-electron chi connectivity index (χ1n) is 6.76. The Morgan fingerprint density at radius 2 is 2.06 bits per heavy atom. The first-order valence-corrected chi connectivity index (χ1v) is 8.15. The van der Waals surface area contributed by atoms with Gasteiger partial charge in [-0.05, 0) is 50.2 Å². The van der Waals surface area contributed by atoms with Crippen molar-refractivity contribution in [2.24, 2.45) is 11.7 Å². The first kappa shape index (κ1) is 18.1. The molecule has 5 heteroatoms. The summed E-state index contributed by atoms with van der Waals surface area (Å²) >= 11 is 1.84. The number of nitrogens with two attached hydrogens (primary N) is 1. The molecule has 0 heterocycles. The predicted octanol–water partition coefficient (Wildman–Crippen LogP) is 2.58. The van der Waals surface area contributed by atoms with Crippen molar-refractivity contribution < 1.29 is 4.79 Å². The van der Waals surface area contributed by atoms with Crippen LogP contribution in [-0.2, 0) is 4.79 Å². The Morgan fingerprint density at radius 1 is 1.33 bits per heavy atom. The number of carbonyl (C=O) groups excluding carboxylic acids is 1. The van der Waals surface area contributed by atoms with Gasteiger partial charge >= 0.3 is 0 Å². The van der Waals surface area contributed by atoms with Crippen LogP contribution in [0.2, 0.25) is 0 Å². The number of nitrogens with one attached hydrogen (secondary N) is 1. The van der Waals surface area contributed by atoms with Crippen LogP contribution in [0.1, 0.15) is 44.9 Å². The van der Waals surface area contributed by atoms with Gasteiger partial charge in [-0.1, -0.05) is 12.8 Å². The number of rotatable bonds is 7. The third kappa shape index (κ3) is 6.86. The fraction of sp³-hybridized carbons (Fsp3) is 0.923. The van der Waals surface area contributed by atoms with E-state index in [1.807, 2.05) is 11.8 Å². The molecule has 18 heavy (non-hydrogen) atoms. The van der Waals surface area contributed by atoms with E-state index >= 15 is 0 Å². The molecule has 108 valence electrons. The van der Waals surface area contributed by atoms with Crippen LogP contribution >= 0.6 is 24.2 Å². The molecule has 0 aromatic rings. The van der Waals surface area contributed by atoms with Gasteiger partial charge in [-0.3, -0.25) is 4.79 Å². The van der Waals surface area contributed by atoms with E-state index in [1.165, 1.54) is 19.3 Å². The lowest BCUT2D eigenvalue weighted by molar-refractivity contribution is -0.122. The lowest BCUT2D eigenvalue weighted by Crippen LogP contribution is -2.44. The number of unbranched alkanes of at least 4 members (excludes halogenated alkanes) is 1. The number of hydrogen-bond acceptors (Lipinski definition) is 3. The van der Waals surface area contributed by atoms with E-state index in [2.05, 4.69) is 11.6 Å². The molecular weight excluding hydrogens is 268 g/mol. The van der Waals surface area contributed by atoms with Gasteiger partial charge in [-0.2, -0.15) is 11.8 Å². The number of thioether (sulfide) groups is 1. The second-order valence-electron chi connectivity index (χ2n) is 4.90. The highest BCUT2D eigenvalue weighted by molar-refractivity contribution is 7.98. The van der Waals surface area contributed by atoms with Crippen LogP contribution in [0.5, 0.6) is 0 Å². The van der Waals surface area contributed by atoms with E-state index in [0.29, 0.717) is 24.9 Å². The molecular formula is C13H27ClN2OS. The summed E-state index contributed by atoms with van der Waals surface area (Å²) in [5.74, 6) is 1.87. The van der Waals surface area contributed by atoms with E-state index in [9.17, 15) is 4.79 Å². The van der Waals surface area contributed by atoms with Crippen LogP contribution in [0.25, 0.3) is 0 Å². The molecule has 0 aromatic heterocycles. The minimum absolute atomic E-state index is 0. The van der Waals surface area contributed by atoms with Gasteiger partial charge in [0.05, 0.1) is 0 Å². The molecule has 1 rings (SSSR count). The molecule has 1 aliphatic carbocycles. The Bertz CT molecular complexity index is 229. The highest BCUT2D eigenvalue weighted by Crippen LogP contribution is 2.23. The quantitative estimate of drug-likeness (QED) is 0.710. The summed E-state index contributed by atoms with van der Waals surface area (Å²) in [6, 6.07) is 0.335. The average molecular weight is 295 g/mol. The van der Waals surface area contributed by atoms with Crippen molar-refractivity contribution in [3.05, 3.63) is 0 Å². The molecule has 1 saturated carbocycles. The summed E-state index contributed by atoms with van der Waals surface area (Å²) in [5.41, 5.74) is 5.75. The predicted molar refractivity (Wildman–Crippen MR) is 82.4 cm³/mol. The van der Waals surface area contributed by atoms with E-state index in [-0.39, 0.29) is 18.3 Å². The minimum atomic E-state index is 0. The Labute approximate surface area is 121 Å². The van der Waals surface area contributed by atoms with Gasteiger partial charge in [0.15, 0.2) is 0 Å². The summed E-state index contributed by atoms with van der Waals surface area (Å²) in [4.78, 5) is 11.8. The summed E-state index contributed by atoms with van der Waals surface area (Å²) in [5, 5.41) is 3.17. The lowest BCUT2D eigenvalue weighted by Gasteiger charge is -2.31. The van der Waals surface area contributed by atoms with Crippen molar-refractivity contribution >= 4 is 30.1 Å². The molecule has 1 amide bonds. The van der Waals surface area contributed by atoms with E-state index in [4.69, 9.17) is 5.73 Å². The van der Waals surface area contributed by atoms with Crippen LogP contribution in [0.4, 0.5) is 0 Å². The molecule has 1 fully saturated rings. The van der Waals surface area contributed by atoms with Crippen LogP contribution < -0.4 is 11.1 Å². The second kappa shape index (κ2) is 10.9. The van der Waals surface area contributed by atoms with Gasteiger partial charge in [0, 0.05) is 12.5 Å². The Kier molecular flexibility index (Phi) is 11.0. The second-order valence-corrected chi connectivity index (χ2v) is 5.89. The molecule has 1 aliphatic rings. The molecule has 2 unspecified atom stereocenters. The summed E-state index contributed by atoms with van der Waals surface area (Å²) in [6.45, 7) is 0.706. The van der Waals surface area contributed by atoms with E-state index in [0.717, 1.165) is 25.0 Å². The molecule has 0 spiro atoms. The summed E-state index contributed by atoms with van der Waals surface area (Å²) in [7, 11) is 0. The zero-order chi connectivity index (χ0) is 12.5. The Hall–Kier alpha value is 0.0700. The molecule has 0 aromatic carbocycles. The topological polar surface area (TPSA) is 55.1 Å². The highest BCUT2D eigenvalue weighted by atomic mass is 35.5. The third-order valence-electron chi connectivity index (χ3n) is 3.56. The van der Waals surface area contributed by atoms with Gasteiger partial charge in [-0.15, -0.1) is 12.4 Å². The van der Waals surface area contributed by atoms with Crippen LogP contribution in [0.3, 0.4) is 0 Å². The molecule has 0 radical (unpaired) electrons. The van der Waals surface area contributed by atoms with Crippen molar-refractivity contribution in [2.45, 2.75) is 51.0 Å². The fourth-order valence-corrected chi connectivity index (χ4v) is 2.98. The van der Waals surface area contributed by atoms with Crippen molar-refractivity contribution in [2.75, 3.05) is 18.6 Å². The van der Waals surface area contributed by atoms with Crippen LogP contribution in [0.15, 0.2) is 0 Å². The Balaban J connectivity index is 0.00000289. The largest absolute Gasteiger partial charge is 0.353 e. The van der Waals surface area contributed by atoms with Crippen LogP contribution in [0, 0.1) is 5.92 Å². The molecule has 0 aliphatic heterocycles. The van der Waals surface area contributed by atoms with Gasteiger partial charge in [0.25, 0.3) is 0 Å². The molecule has 0 saturated heterocycles. The summed E-state index contributed by atoms with van der Waals surface area (Å²) < 4.78 is 0. The first-order chi connectivity index (χ1) is 8.27. The standard InChI is InChI=1S/C13H26N2OS.ClH/c1-17-9-5-4-8-13(16)15-12-7-3-2-6-11(12)10-14;/h11-12H,2-10,14H2,1H3,(H,15,16);1H. The van der Waals surface area contributed by atoms with Gasteiger partial charge in [0.1, 0.15) is 0 Å². The highest BCUT2D eigenvalue weighted by Gasteiger charge is 2.24. The number of amides is 1. The maximum Gasteiger partial charge on any atom is 0.220 e. The lowest BCUT2D eigenvalue weighted by atomic mass is 9.84. The fourth-order valence-electron chi connectivity index (χ4n) is 2.49.